The monoisotopic (exact) mass is 291 g/mol. The maximum Gasteiger partial charge on any atom is 0.314 e. The largest absolute Gasteiger partial charge is 0.493 e. The van der Waals surface area contributed by atoms with E-state index in [1.54, 1.807) is 7.11 Å². The Balaban J connectivity index is 2.42. The third-order valence-corrected chi connectivity index (χ3v) is 2.75. The zero-order valence-corrected chi connectivity index (χ0v) is 12.4. The lowest BCUT2D eigenvalue weighted by molar-refractivity contribution is 0.241. The number of amides is 2. The van der Waals surface area contributed by atoms with Gasteiger partial charge in [0.25, 0.3) is 0 Å². The molecule has 2 amide bonds. The summed E-state index contributed by atoms with van der Waals surface area (Å²) >= 11 is 0. The number of benzene rings is 1. The van der Waals surface area contributed by atoms with Crippen molar-refractivity contribution in [1.29, 1.82) is 5.26 Å². The van der Waals surface area contributed by atoms with Crippen molar-refractivity contribution < 1.29 is 14.3 Å². The highest BCUT2D eigenvalue weighted by Gasteiger charge is 2.05. The molecule has 0 unspecified atom stereocenters. The first kappa shape index (κ1) is 16.6. The summed E-state index contributed by atoms with van der Waals surface area (Å²) in [5.74, 6) is 1.40. The number of urea groups is 1. The van der Waals surface area contributed by atoms with Crippen molar-refractivity contribution in [2.24, 2.45) is 0 Å². The minimum Gasteiger partial charge on any atom is -0.493 e. The van der Waals surface area contributed by atoms with Crippen LogP contribution in [-0.4, -0.2) is 32.8 Å². The minimum absolute atomic E-state index is 0.261. The van der Waals surface area contributed by atoms with Gasteiger partial charge in [0.2, 0.25) is 0 Å². The van der Waals surface area contributed by atoms with E-state index in [0.29, 0.717) is 44.0 Å². The molecule has 0 bridgehead atoms. The van der Waals surface area contributed by atoms with E-state index >= 15 is 0 Å². The van der Waals surface area contributed by atoms with Crippen LogP contribution in [0.1, 0.15) is 18.9 Å². The molecule has 0 spiro atoms. The molecule has 114 valence electrons. The number of carbonyl (C=O) groups excluding carboxylic acids is 1. The normalized spacial score (nSPS) is 9.57. The Morgan fingerprint density at radius 2 is 2.05 bits per heavy atom. The van der Waals surface area contributed by atoms with Gasteiger partial charge in [-0.2, -0.15) is 5.26 Å². The van der Waals surface area contributed by atoms with Gasteiger partial charge < -0.3 is 20.1 Å². The smallest absolute Gasteiger partial charge is 0.314 e. The number of nitrogens with zero attached hydrogens (tertiary/aromatic N) is 1. The lowest BCUT2D eigenvalue weighted by Gasteiger charge is -2.11. The van der Waals surface area contributed by atoms with Crippen molar-refractivity contribution in [3.63, 3.8) is 0 Å². The van der Waals surface area contributed by atoms with Gasteiger partial charge in [0, 0.05) is 13.1 Å². The van der Waals surface area contributed by atoms with E-state index in [1.165, 1.54) is 0 Å². The van der Waals surface area contributed by atoms with Gasteiger partial charge in [-0.1, -0.05) is 6.07 Å². The number of hydrogen-bond donors (Lipinski definition) is 2. The first-order valence-electron chi connectivity index (χ1n) is 6.89. The zero-order valence-electron chi connectivity index (χ0n) is 12.4. The highest BCUT2D eigenvalue weighted by molar-refractivity contribution is 5.73. The van der Waals surface area contributed by atoms with Crippen LogP contribution in [0.25, 0.3) is 0 Å². The predicted octanol–water partition coefficient (Wildman–Crippen LogP) is 1.85. The van der Waals surface area contributed by atoms with E-state index in [4.69, 9.17) is 14.7 Å². The van der Waals surface area contributed by atoms with Crippen LogP contribution < -0.4 is 20.1 Å². The Kier molecular flexibility index (Phi) is 7.51. The van der Waals surface area contributed by atoms with E-state index in [-0.39, 0.29) is 6.03 Å². The van der Waals surface area contributed by atoms with E-state index in [9.17, 15) is 4.79 Å². The molecule has 0 aromatic heterocycles. The predicted molar refractivity (Wildman–Crippen MR) is 79.5 cm³/mol. The van der Waals surface area contributed by atoms with Gasteiger partial charge in [-0.15, -0.1) is 0 Å². The van der Waals surface area contributed by atoms with Crippen LogP contribution in [0.2, 0.25) is 0 Å². The van der Waals surface area contributed by atoms with Gasteiger partial charge in [-0.3, -0.25) is 0 Å². The highest BCUT2D eigenvalue weighted by atomic mass is 16.5. The molecular weight excluding hydrogens is 270 g/mol. The Bertz CT molecular complexity index is 497. The summed E-state index contributed by atoms with van der Waals surface area (Å²) in [6.07, 6.45) is 0.998. The number of carbonyl (C=O) groups is 1. The summed E-state index contributed by atoms with van der Waals surface area (Å²) in [5.41, 5.74) is 1.05. The van der Waals surface area contributed by atoms with Crippen LogP contribution in [-0.2, 0) is 6.42 Å². The van der Waals surface area contributed by atoms with Gasteiger partial charge in [0.05, 0.1) is 26.2 Å². The van der Waals surface area contributed by atoms with Crippen molar-refractivity contribution in [2.45, 2.75) is 19.8 Å². The average molecular weight is 291 g/mol. The average Bonchev–Trinajstić information content (AvgIpc) is 2.49. The second kappa shape index (κ2) is 9.48. The maximum absolute atomic E-state index is 11.4. The van der Waals surface area contributed by atoms with Crippen molar-refractivity contribution in [1.82, 2.24) is 10.6 Å². The lowest BCUT2D eigenvalue weighted by atomic mass is 10.1. The molecule has 6 heteroatoms. The minimum atomic E-state index is -0.261. The van der Waals surface area contributed by atoms with Crippen molar-refractivity contribution in [3.8, 4) is 17.6 Å². The van der Waals surface area contributed by atoms with E-state index in [0.717, 1.165) is 5.56 Å². The summed E-state index contributed by atoms with van der Waals surface area (Å²) in [4.78, 5) is 11.4. The van der Waals surface area contributed by atoms with E-state index < -0.39 is 0 Å². The molecule has 0 saturated heterocycles. The molecule has 0 aliphatic carbocycles. The molecule has 21 heavy (non-hydrogen) atoms. The fraction of sp³-hybridized carbons (Fsp3) is 0.467. The third kappa shape index (κ3) is 6.04. The van der Waals surface area contributed by atoms with Crippen LogP contribution in [0.3, 0.4) is 0 Å². The Labute approximate surface area is 125 Å². The van der Waals surface area contributed by atoms with Crippen molar-refractivity contribution in [3.05, 3.63) is 23.8 Å². The second-order valence-corrected chi connectivity index (χ2v) is 4.26. The van der Waals surface area contributed by atoms with Crippen LogP contribution in [0.5, 0.6) is 11.5 Å². The standard InChI is InChI=1S/C15H21N3O3/c1-3-21-13-6-5-12(11-14(13)20-2)7-10-18-15(19)17-9-4-8-16/h5-6,11H,3-4,7,9-10H2,1-2H3,(H2,17,18,19). The number of nitrogens with one attached hydrogen (secondary N) is 2. The molecule has 0 aliphatic rings. The molecule has 1 rings (SSSR count). The molecule has 0 aliphatic heterocycles. The molecular formula is C15H21N3O3. The topological polar surface area (TPSA) is 83.4 Å². The number of rotatable bonds is 8. The summed E-state index contributed by atoms with van der Waals surface area (Å²) in [5, 5.41) is 13.7. The molecule has 1 aromatic rings. The summed E-state index contributed by atoms with van der Waals surface area (Å²) in [7, 11) is 1.60. The van der Waals surface area contributed by atoms with Gasteiger partial charge in [-0.05, 0) is 31.0 Å². The Hall–Kier alpha value is -2.42. The van der Waals surface area contributed by atoms with Crippen LogP contribution in [0, 0.1) is 11.3 Å². The quantitative estimate of drug-likeness (QED) is 0.716. The maximum atomic E-state index is 11.4. The summed E-state index contributed by atoms with van der Waals surface area (Å²) in [6.45, 7) is 3.37. The lowest BCUT2D eigenvalue weighted by Crippen LogP contribution is -2.36. The SMILES string of the molecule is CCOc1ccc(CCNC(=O)NCCC#N)cc1OC. The number of hydrogen-bond acceptors (Lipinski definition) is 4. The molecule has 1 aromatic carbocycles. The number of methoxy groups -OCH3 is 1. The second-order valence-electron chi connectivity index (χ2n) is 4.26. The number of nitriles is 1. The van der Waals surface area contributed by atoms with Crippen LogP contribution in [0.15, 0.2) is 18.2 Å². The third-order valence-electron chi connectivity index (χ3n) is 2.75. The van der Waals surface area contributed by atoms with Crippen LogP contribution >= 0.6 is 0 Å². The van der Waals surface area contributed by atoms with Gasteiger partial charge in [0.1, 0.15) is 0 Å². The van der Waals surface area contributed by atoms with Crippen LogP contribution in [0.4, 0.5) is 4.79 Å². The highest BCUT2D eigenvalue weighted by Crippen LogP contribution is 2.28. The summed E-state index contributed by atoms with van der Waals surface area (Å²) < 4.78 is 10.7. The molecule has 0 atom stereocenters. The Morgan fingerprint density at radius 1 is 1.29 bits per heavy atom. The van der Waals surface area contributed by atoms with Gasteiger partial charge in [-0.25, -0.2) is 4.79 Å². The fourth-order valence-corrected chi connectivity index (χ4v) is 1.76. The zero-order chi connectivity index (χ0) is 15.5. The molecule has 0 fully saturated rings. The molecule has 0 radical (unpaired) electrons. The van der Waals surface area contributed by atoms with Crippen molar-refractivity contribution >= 4 is 6.03 Å². The van der Waals surface area contributed by atoms with Gasteiger partial charge in [0.15, 0.2) is 11.5 Å². The molecule has 0 heterocycles. The number of ether oxygens (including phenoxy) is 2. The summed E-state index contributed by atoms with van der Waals surface area (Å²) in [6, 6.07) is 7.42. The first-order valence-corrected chi connectivity index (χ1v) is 6.89. The first-order chi connectivity index (χ1) is 10.2. The molecule has 0 saturated carbocycles. The van der Waals surface area contributed by atoms with Crippen molar-refractivity contribution in [2.75, 3.05) is 26.8 Å². The molecule has 6 nitrogen and oxygen atoms in total. The van der Waals surface area contributed by atoms with E-state index in [1.807, 2.05) is 31.2 Å². The fourth-order valence-electron chi connectivity index (χ4n) is 1.76. The van der Waals surface area contributed by atoms with Gasteiger partial charge >= 0.3 is 6.03 Å². The molecule has 2 N–H and O–H groups in total. The van der Waals surface area contributed by atoms with E-state index in [2.05, 4.69) is 10.6 Å². The Morgan fingerprint density at radius 3 is 2.71 bits per heavy atom.